The highest BCUT2D eigenvalue weighted by molar-refractivity contribution is 7.99. The fraction of sp³-hybridized carbons (Fsp3) is 0.300. The number of thioether (sulfide) groups is 1. The van der Waals surface area contributed by atoms with E-state index in [2.05, 4.69) is 0 Å². The molecule has 0 amide bonds. The number of nitrogens with zero attached hydrogens (tertiary/aromatic N) is 1. The van der Waals surface area contributed by atoms with Gasteiger partial charge in [-0.2, -0.15) is 5.26 Å². The Hall–Kier alpha value is -1.02. The second-order valence-electron chi connectivity index (χ2n) is 2.79. The summed E-state index contributed by atoms with van der Waals surface area (Å²) in [4.78, 5) is 0.927. The lowest BCUT2D eigenvalue weighted by molar-refractivity contribution is 0.113. The number of rotatable bonds is 4. The van der Waals surface area contributed by atoms with Crippen LogP contribution in [0.4, 0.5) is 0 Å². The fourth-order valence-electron chi connectivity index (χ4n) is 0.901. The van der Waals surface area contributed by atoms with Crippen molar-refractivity contribution < 1.29 is 10.2 Å². The Morgan fingerprint density at radius 3 is 2.93 bits per heavy atom. The highest BCUT2D eigenvalue weighted by Crippen LogP contribution is 2.19. The van der Waals surface area contributed by atoms with Crippen LogP contribution in [0.25, 0.3) is 0 Å². The first-order valence-corrected chi connectivity index (χ1v) is 5.16. The van der Waals surface area contributed by atoms with Crippen molar-refractivity contribution in [3.8, 4) is 6.07 Å². The van der Waals surface area contributed by atoms with Gasteiger partial charge in [0.25, 0.3) is 0 Å². The van der Waals surface area contributed by atoms with Gasteiger partial charge in [-0.3, -0.25) is 0 Å². The molecule has 1 atom stereocenters. The van der Waals surface area contributed by atoms with Gasteiger partial charge in [0, 0.05) is 10.6 Å². The molecule has 0 saturated heterocycles. The molecule has 1 aromatic carbocycles. The predicted octanol–water partition coefficient (Wildman–Crippen LogP) is 1.00. The lowest BCUT2D eigenvalue weighted by Crippen LogP contribution is -2.14. The molecule has 1 rings (SSSR count). The molecule has 0 spiro atoms. The van der Waals surface area contributed by atoms with E-state index in [1.807, 2.05) is 12.1 Å². The van der Waals surface area contributed by atoms with Gasteiger partial charge in [-0.25, -0.2) is 0 Å². The summed E-state index contributed by atoms with van der Waals surface area (Å²) in [7, 11) is 0. The van der Waals surface area contributed by atoms with Crippen LogP contribution in [0, 0.1) is 11.3 Å². The van der Waals surface area contributed by atoms with E-state index in [9.17, 15) is 0 Å². The van der Waals surface area contributed by atoms with Crippen LogP contribution in [-0.2, 0) is 0 Å². The molecule has 4 heteroatoms. The fourth-order valence-corrected chi connectivity index (χ4v) is 1.78. The molecule has 0 aromatic heterocycles. The minimum Gasteiger partial charge on any atom is -0.394 e. The predicted molar refractivity (Wildman–Crippen MR) is 55.0 cm³/mol. The second-order valence-corrected chi connectivity index (χ2v) is 3.88. The lowest BCUT2D eigenvalue weighted by atomic mass is 10.2. The van der Waals surface area contributed by atoms with Gasteiger partial charge in [-0.05, 0) is 18.2 Å². The van der Waals surface area contributed by atoms with E-state index in [-0.39, 0.29) is 6.61 Å². The summed E-state index contributed by atoms with van der Waals surface area (Å²) in [5.41, 5.74) is 0.605. The SMILES string of the molecule is N#Cc1cccc(SCC(O)CO)c1. The number of benzene rings is 1. The van der Waals surface area contributed by atoms with Crippen molar-refractivity contribution >= 4 is 11.8 Å². The zero-order valence-corrected chi connectivity index (χ0v) is 8.37. The molecule has 0 fully saturated rings. The summed E-state index contributed by atoms with van der Waals surface area (Å²) in [5.74, 6) is 0.436. The first kappa shape index (κ1) is 11.1. The monoisotopic (exact) mass is 209 g/mol. The Kier molecular flexibility index (Phi) is 4.47. The van der Waals surface area contributed by atoms with Crippen molar-refractivity contribution in [3.05, 3.63) is 29.8 Å². The van der Waals surface area contributed by atoms with Gasteiger partial charge in [0.1, 0.15) is 0 Å². The maximum absolute atomic E-state index is 9.11. The van der Waals surface area contributed by atoms with Crippen LogP contribution in [0.15, 0.2) is 29.2 Å². The van der Waals surface area contributed by atoms with Crippen LogP contribution in [0.2, 0.25) is 0 Å². The Labute approximate surface area is 87.0 Å². The van der Waals surface area contributed by atoms with Gasteiger partial charge in [0.2, 0.25) is 0 Å². The highest BCUT2D eigenvalue weighted by atomic mass is 32.2. The molecule has 2 N–H and O–H groups in total. The minimum atomic E-state index is -0.703. The normalized spacial score (nSPS) is 12.1. The highest BCUT2D eigenvalue weighted by Gasteiger charge is 2.03. The van der Waals surface area contributed by atoms with Gasteiger partial charge < -0.3 is 10.2 Å². The minimum absolute atomic E-state index is 0.231. The third-order valence-electron chi connectivity index (χ3n) is 1.62. The quantitative estimate of drug-likeness (QED) is 0.726. The Balaban J connectivity index is 2.55. The van der Waals surface area contributed by atoms with Gasteiger partial charge >= 0.3 is 0 Å². The molecule has 0 aliphatic rings. The molecule has 74 valence electrons. The summed E-state index contributed by atoms with van der Waals surface area (Å²) in [6.07, 6.45) is -0.703. The van der Waals surface area contributed by atoms with E-state index in [0.717, 1.165) is 4.90 Å². The average Bonchev–Trinajstić information content (AvgIpc) is 2.26. The van der Waals surface area contributed by atoms with Crippen molar-refractivity contribution in [2.24, 2.45) is 0 Å². The molecule has 0 radical (unpaired) electrons. The maximum atomic E-state index is 9.11. The molecule has 3 nitrogen and oxygen atoms in total. The molecule has 1 aromatic rings. The summed E-state index contributed by atoms with van der Waals surface area (Å²) in [6, 6.07) is 9.20. The van der Waals surface area contributed by atoms with Crippen molar-refractivity contribution in [3.63, 3.8) is 0 Å². The number of nitriles is 1. The molecule has 1 unspecified atom stereocenters. The number of aliphatic hydroxyl groups is 2. The van der Waals surface area contributed by atoms with Crippen LogP contribution in [0.1, 0.15) is 5.56 Å². The molecule has 14 heavy (non-hydrogen) atoms. The molecule has 0 aliphatic heterocycles. The average molecular weight is 209 g/mol. The van der Waals surface area contributed by atoms with Gasteiger partial charge in [0.15, 0.2) is 0 Å². The molecular formula is C10H11NO2S. The number of hydrogen-bond donors (Lipinski definition) is 2. The Bertz CT molecular complexity index is 335. The third-order valence-corrected chi connectivity index (χ3v) is 2.75. The first-order valence-electron chi connectivity index (χ1n) is 4.18. The second kappa shape index (κ2) is 5.66. The van der Waals surface area contributed by atoms with E-state index in [0.29, 0.717) is 11.3 Å². The van der Waals surface area contributed by atoms with E-state index < -0.39 is 6.10 Å². The molecule has 0 aliphatic carbocycles. The zero-order chi connectivity index (χ0) is 10.4. The van der Waals surface area contributed by atoms with Gasteiger partial charge in [0.05, 0.1) is 24.3 Å². The lowest BCUT2D eigenvalue weighted by Gasteiger charge is -2.06. The van der Waals surface area contributed by atoms with E-state index in [4.69, 9.17) is 15.5 Å². The van der Waals surface area contributed by atoms with Crippen molar-refractivity contribution in [1.82, 2.24) is 0 Å². The van der Waals surface area contributed by atoms with Crippen molar-refractivity contribution in [2.75, 3.05) is 12.4 Å². The smallest absolute Gasteiger partial charge is 0.0992 e. The van der Waals surface area contributed by atoms with Crippen LogP contribution in [0.3, 0.4) is 0 Å². The molecule has 0 heterocycles. The zero-order valence-electron chi connectivity index (χ0n) is 7.55. The van der Waals surface area contributed by atoms with Crippen molar-refractivity contribution in [1.29, 1.82) is 5.26 Å². The van der Waals surface area contributed by atoms with E-state index in [1.165, 1.54) is 11.8 Å². The van der Waals surface area contributed by atoms with Crippen LogP contribution >= 0.6 is 11.8 Å². The summed E-state index contributed by atoms with van der Waals surface area (Å²) in [5, 5.41) is 26.3. The standard InChI is InChI=1S/C10H11NO2S/c11-5-8-2-1-3-10(4-8)14-7-9(13)6-12/h1-4,9,12-13H,6-7H2. The third kappa shape index (κ3) is 3.38. The van der Waals surface area contributed by atoms with Crippen LogP contribution in [0.5, 0.6) is 0 Å². The molecule has 0 saturated carbocycles. The van der Waals surface area contributed by atoms with Crippen LogP contribution in [-0.4, -0.2) is 28.7 Å². The molecule has 0 bridgehead atoms. The summed E-state index contributed by atoms with van der Waals surface area (Å²) in [6.45, 7) is -0.231. The van der Waals surface area contributed by atoms with Crippen LogP contribution < -0.4 is 0 Å². The number of hydrogen-bond acceptors (Lipinski definition) is 4. The number of aliphatic hydroxyl groups excluding tert-OH is 2. The Morgan fingerprint density at radius 2 is 2.29 bits per heavy atom. The summed E-state index contributed by atoms with van der Waals surface area (Å²) < 4.78 is 0. The van der Waals surface area contributed by atoms with Crippen molar-refractivity contribution in [2.45, 2.75) is 11.0 Å². The van der Waals surface area contributed by atoms with E-state index >= 15 is 0 Å². The van der Waals surface area contributed by atoms with Gasteiger partial charge in [-0.1, -0.05) is 6.07 Å². The maximum Gasteiger partial charge on any atom is 0.0992 e. The Morgan fingerprint density at radius 1 is 1.50 bits per heavy atom. The van der Waals surface area contributed by atoms with E-state index in [1.54, 1.807) is 18.2 Å². The molecular weight excluding hydrogens is 198 g/mol. The topological polar surface area (TPSA) is 64.2 Å². The summed E-state index contributed by atoms with van der Waals surface area (Å²) >= 11 is 1.42. The first-order chi connectivity index (χ1) is 6.76. The largest absolute Gasteiger partial charge is 0.394 e. The van der Waals surface area contributed by atoms with Gasteiger partial charge in [-0.15, -0.1) is 11.8 Å².